The van der Waals surface area contributed by atoms with Crippen molar-refractivity contribution in [1.82, 2.24) is 0 Å². The zero-order valence-electron chi connectivity index (χ0n) is 44.8. The number of ether oxygens (including phenoxy) is 4. The van der Waals surface area contributed by atoms with Gasteiger partial charge in [0.15, 0.2) is 46.3 Å². The Hall–Kier alpha value is -8.92. The Labute approximate surface area is 464 Å². The van der Waals surface area contributed by atoms with Gasteiger partial charge in [0, 0.05) is 24.3 Å². The molecule has 0 aliphatic rings. The zero-order chi connectivity index (χ0) is 58.8. The fraction of sp³-hybridized carbons (Fsp3) is 0.200. The van der Waals surface area contributed by atoms with E-state index in [4.69, 9.17) is 18.9 Å². The smallest absolute Gasteiger partial charge is 0.343 e. The van der Waals surface area contributed by atoms with Crippen molar-refractivity contribution >= 4 is 23.9 Å². The van der Waals surface area contributed by atoms with Gasteiger partial charge in [0.2, 0.25) is 0 Å². The number of unbranched alkanes of at least 4 members (excludes halogenated alkanes) is 3. The highest BCUT2D eigenvalue weighted by Crippen LogP contribution is 2.24. The number of hydrogen-bond donors (Lipinski definition) is 0. The summed E-state index contributed by atoms with van der Waals surface area (Å²) in [6.07, 6.45) is 9.52. The molecule has 0 amide bonds. The molecule has 0 aromatic heterocycles. The van der Waals surface area contributed by atoms with E-state index in [1.54, 1.807) is 60.7 Å². The van der Waals surface area contributed by atoms with Gasteiger partial charge < -0.3 is 18.9 Å². The molecule has 0 fully saturated rings. The van der Waals surface area contributed by atoms with Crippen molar-refractivity contribution in [3.8, 4) is 23.0 Å². The van der Waals surface area contributed by atoms with Crippen LogP contribution in [-0.4, -0.2) is 23.9 Å². The summed E-state index contributed by atoms with van der Waals surface area (Å²) in [6, 6.07) is 38.9. The third-order valence-electron chi connectivity index (χ3n) is 11.7. The van der Waals surface area contributed by atoms with E-state index in [1.165, 1.54) is 6.42 Å². The van der Waals surface area contributed by atoms with Crippen molar-refractivity contribution < 1.29 is 73.2 Å². The molecule has 0 atom stereocenters. The first kappa shape index (κ1) is 62.9. The summed E-state index contributed by atoms with van der Waals surface area (Å²) in [7, 11) is 0. The van der Waals surface area contributed by atoms with E-state index >= 15 is 0 Å². The fourth-order valence-electron chi connectivity index (χ4n) is 7.23. The monoisotopic (exact) mass is 1120 g/mol. The van der Waals surface area contributed by atoms with Crippen LogP contribution in [0.25, 0.3) is 0 Å². The van der Waals surface area contributed by atoms with Gasteiger partial charge >= 0.3 is 23.9 Å². The van der Waals surface area contributed by atoms with E-state index in [2.05, 4.69) is 20.8 Å². The van der Waals surface area contributed by atoms with Crippen LogP contribution in [0.2, 0.25) is 0 Å². The molecule has 81 heavy (non-hydrogen) atoms. The van der Waals surface area contributed by atoms with Gasteiger partial charge in [0.05, 0.1) is 22.3 Å². The SMILES string of the molecule is CCCCCc1ccc(C(=O)Oc2ccc(F)cc2F)cc1.CCCCc1ccc(C(=O)Oc2ccc(F)cc2F)cc1.CCCc1ccc(C(=O)Oc2ccc(F)cc2F)cc1.Cc1ccc(C(=O)Oc2ccc(F)cc2F)cc1. The molecule has 8 nitrogen and oxygen atoms in total. The second kappa shape index (κ2) is 32.2. The molecule has 0 heterocycles. The number of esters is 4. The third-order valence-corrected chi connectivity index (χ3v) is 11.7. The van der Waals surface area contributed by atoms with E-state index in [9.17, 15) is 54.3 Å². The fourth-order valence-corrected chi connectivity index (χ4v) is 7.23. The molecule has 8 rings (SSSR count). The van der Waals surface area contributed by atoms with E-state index in [-0.39, 0.29) is 23.0 Å². The first-order chi connectivity index (χ1) is 38.8. The van der Waals surface area contributed by atoms with Crippen LogP contribution < -0.4 is 18.9 Å². The second-order valence-corrected chi connectivity index (χ2v) is 18.1. The van der Waals surface area contributed by atoms with Crippen LogP contribution in [-0.2, 0) is 19.3 Å². The molecule has 0 saturated carbocycles. The molecule has 0 spiro atoms. The highest BCUT2D eigenvalue weighted by Gasteiger charge is 2.17. The van der Waals surface area contributed by atoms with Gasteiger partial charge in [-0.1, -0.05) is 101 Å². The Morgan fingerprint density at radius 3 is 0.827 bits per heavy atom. The van der Waals surface area contributed by atoms with Crippen LogP contribution in [0.1, 0.15) is 123 Å². The van der Waals surface area contributed by atoms with Gasteiger partial charge in [0.1, 0.15) is 23.3 Å². The van der Waals surface area contributed by atoms with Gasteiger partial charge in [-0.15, -0.1) is 0 Å². The lowest BCUT2D eigenvalue weighted by molar-refractivity contribution is 0.0718. The molecule has 0 aliphatic carbocycles. The summed E-state index contributed by atoms with van der Waals surface area (Å²) in [4.78, 5) is 47.4. The van der Waals surface area contributed by atoms with Crippen molar-refractivity contribution in [1.29, 1.82) is 0 Å². The molecule has 0 bridgehead atoms. The Kier molecular flexibility index (Phi) is 25.0. The summed E-state index contributed by atoms with van der Waals surface area (Å²) in [5.74, 6) is -10.3. The van der Waals surface area contributed by atoms with Gasteiger partial charge in [-0.05, 0) is 153 Å². The van der Waals surface area contributed by atoms with E-state index in [1.807, 2.05) is 43.3 Å². The molecule has 0 N–H and O–H groups in total. The molecule has 0 aliphatic heterocycles. The summed E-state index contributed by atoms with van der Waals surface area (Å²) < 4.78 is 124. The summed E-state index contributed by atoms with van der Waals surface area (Å²) >= 11 is 0. The molecular formula is C65H58F8O8. The lowest BCUT2D eigenvalue weighted by Crippen LogP contribution is -2.09. The Morgan fingerprint density at radius 2 is 0.568 bits per heavy atom. The first-order valence-corrected chi connectivity index (χ1v) is 25.9. The zero-order valence-corrected chi connectivity index (χ0v) is 44.8. The normalized spacial score (nSPS) is 10.4. The standard InChI is InChI=1S/C18H18F2O2.C17H16F2O2.C16H14F2O2.C14H10F2O2/c1-2-3-4-5-13-6-8-14(9-7-13)18(21)22-17-11-10-15(19)12-16(17)20;1-2-3-4-12-5-7-13(8-6-12)17(20)21-16-10-9-14(18)11-15(16)19;1-2-3-11-4-6-12(7-5-11)16(19)20-15-9-8-13(17)10-14(15)18;1-9-2-4-10(5-3-9)14(17)18-13-7-6-11(15)8-12(13)16/h6-12H,2-5H2,1H3;5-11H,2-4H2,1H3;4-10H,2-3H2,1H3;2-8H,1H3. The Bertz CT molecular complexity index is 3330. The van der Waals surface area contributed by atoms with Crippen LogP contribution in [0.15, 0.2) is 170 Å². The quantitative estimate of drug-likeness (QED) is 0.0384. The van der Waals surface area contributed by atoms with E-state index in [0.717, 1.165) is 122 Å². The summed E-state index contributed by atoms with van der Waals surface area (Å²) in [5, 5.41) is 0. The maximum absolute atomic E-state index is 13.4. The van der Waals surface area contributed by atoms with Crippen molar-refractivity contribution in [2.75, 3.05) is 0 Å². The van der Waals surface area contributed by atoms with Crippen LogP contribution in [0.4, 0.5) is 35.1 Å². The number of aryl methyl sites for hydroxylation is 4. The largest absolute Gasteiger partial charge is 0.420 e. The lowest BCUT2D eigenvalue weighted by atomic mass is 10.1. The maximum atomic E-state index is 13.4. The van der Waals surface area contributed by atoms with Gasteiger partial charge in [-0.3, -0.25) is 0 Å². The highest BCUT2D eigenvalue weighted by atomic mass is 19.2. The topological polar surface area (TPSA) is 105 Å². The Balaban J connectivity index is 0.000000199. The van der Waals surface area contributed by atoms with Crippen LogP contribution in [0, 0.1) is 53.5 Å². The van der Waals surface area contributed by atoms with Crippen LogP contribution in [0.5, 0.6) is 23.0 Å². The van der Waals surface area contributed by atoms with Crippen molar-refractivity contribution in [2.24, 2.45) is 0 Å². The summed E-state index contributed by atoms with van der Waals surface area (Å²) in [5.41, 5.74) is 5.72. The van der Waals surface area contributed by atoms with Crippen LogP contribution in [0.3, 0.4) is 0 Å². The lowest BCUT2D eigenvalue weighted by Gasteiger charge is -2.06. The summed E-state index contributed by atoms with van der Waals surface area (Å²) in [6.45, 7) is 8.21. The molecule has 16 heteroatoms. The van der Waals surface area contributed by atoms with E-state index in [0.29, 0.717) is 46.5 Å². The van der Waals surface area contributed by atoms with Gasteiger partial charge in [-0.2, -0.15) is 0 Å². The molecule has 8 aromatic carbocycles. The molecule has 0 unspecified atom stereocenters. The van der Waals surface area contributed by atoms with Crippen molar-refractivity contribution in [2.45, 2.75) is 85.5 Å². The van der Waals surface area contributed by atoms with Gasteiger partial charge in [-0.25, -0.2) is 54.3 Å². The van der Waals surface area contributed by atoms with Gasteiger partial charge in [0.25, 0.3) is 0 Å². The number of carbonyl (C=O) groups is 4. The minimum absolute atomic E-state index is 0.279. The first-order valence-electron chi connectivity index (χ1n) is 25.9. The maximum Gasteiger partial charge on any atom is 0.343 e. The minimum atomic E-state index is -0.907. The Morgan fingerprint density at radius 1 is 0.309 bits per heavy atom. The van der Waals surface area contributed by atoms with Crippen LogP contribution >= 0.6 is 0 Å². The average molecular weight is 1120 g/mol. The number of carbonyl (C=O) groups excluding carboxylic acids is 4. The van der Waals surface area contributed by atoms with Crippen molar-refractivity contribution in [3.63, 3.8) is 0 Å². The third kappa shape index (κ3) is 21.0. The van der Waals surface area contributed by atoms with Crippen molar-refractivity contribution in [3.05, 3.63) is 261 Å². The number of rotatable bonds is 17. The van der Waals surface area contributed by atoms with E-state index < -0.39 is 70.4 Å². The molecule has 0 saturated heterocycles. The number of hydrogen-bond acceptors (Lipinski definition) is 8. The number of benzene rings is 8. The molecule has 0 radical (unpaired) electrons. The average Bonchev–Trinajstić information content (AvgIpc) is 3.45. The number of halogens is 8. The molecular weight excluding hydrogens is 1060 g/mol. The molecule has 422 valence electrons. The second-order valence-electron chi connectivity index (χ2n) is 18.1. The highest BCUT2D eigenvalue weighted by molar-refractivity contribution is 5.92. The predicted molar refractivity (Wildman–Crippen MR) is 292 cm³/mol. The predicted octanol–water partition coefficient (Wildman–Crippen LogP) is 17.1. The molecule has 8 aromatic rings. The minimum Gasteiger partial charge on any atom is -0.420 e.